The van der Waals surface area contributed by atoms with Crippen molar-refractivity contribution in [2.45, 2.75) is 38.0 Å². The van der Waals surface area contributed by atoms with E-state index in [9.17, 15) is 9.90 Å². The fraction of sp³-hybridized carbons (Fsp3) is 0.857. The topological polar surface area (TPSA) is 83.6 Å². The second-order valence-corrected chi connectivity index (χ2v) is 2.91. The lowest BCUT2D eigenvalue weighted by Gasteiger charge is -2.31. The minimum atomic E-state index is -1.39. The molecular weight excluding hydrogens is 146 g/mol. The molecule has 0 aromatic rings. The Balaban J connectivity index is 4.16. The quantitative estimate of drug-likeness (QED) is 0.463. The van der Waals surface area contributed by atoms with Crippen molar-refractivity contribution < 1.29 is 15.0 Å². The molecule has 0 aromatic carbocycles. The third-order valence-electron chi connectivity index (χ3n) is 1.95. The number of carbonyl (C=O) groups is 1. The highest BCUT2D eigenvalue weighted by atomic mass is 16.3. The summed E-state index contributed by atoms with van der Waals surface area (Å²) in [5.74, 6) is 0. The number of carbonyl (C=O) groups excluding carboxylic acids is 1. The van der Waals surface area contributed by atoms with Gasteiger partial charge in [-0.1, -0.05) is 0 Å². The minimum absolute atomic E-state index is 0.0535. The van der Waals surface area contributed by atoms with Gasteiger partial charge in [0.25, 0.3) is 0 Å². The van der Waals surface area contributed by atoms with Crippen LogP contribution in [0.1, 0.15) is 20.3 Å². The van der Waals surface area contributed by atoms with Crippen LogP contribution < -0.4 is 5.73 Å². The zero-order chi connectivity index (χ0) is 9.07. The van der Waals surface area contributed by atoms with Crippen LogP contribution in [0.4, 0.5) is 0 Å². The van der Waals surface area contributed by atoms with E-state index in [1.54, 1.807) is 0 Å². The van der Waals surface area contributed by atoms with Gasteiger partial charge in [-0.05, 0) is 13.8 Å². The molecule has 0 bridgehead atoms. The maximum atomic E-state index is 10.0. The summed E-state index contributed by atoms with van der Waals surface area (Å²) in [7, 11) is 0. The Morgan fingerprint density at radius 3 is 2.45 bits per heavy atom. The molecule has 0 rings (SSSR count). The van der Waals surface area contributed by atoms with Crippen LogP contribution in [0.25, 0.3) is 0 Å². The van der Waals surface area contributed by atoms with Gasteiger partial charge in [-0.3, -0.25) is 0 Å². The van der Waals surface area contributed by atoms with Gasteiger partial charge in [-0.15, -0.1) is 0 Å². The molecule has 0 spiro atoms. The van der Waals surface area contributed by atoms with Gasteiger partial charge in [0.15, 0.2) is 0 Å². The number of hydrogen-bond donors (Lipinski definition) is 3. The molecule has 0 aliphatic heterocycles. The summed E-state index contributed by atoms with van der Waals surface area (Å²) in [6, 6.07) is -0.708. The van der Waals surface area contributed by atoms with Gasteiger partial charge in [0.2, 0.25) is 0 Å². The van der Waals surface area contributed by atoms with E-state index in [2.05, 4.69) is 0 Å². The summed E-state index contributed by atoms with van der Waals surface area (Å²) in [4.78, 5) is 10.0. The number of aldehydes is 1. The first-order chi connectivity index (χ1) is 4.92. The number of aliphatic hydroxyl groups excluding tert-OH is 1. The van der Waals surface area contributed by atoms with E-state index in [1.165, 1.54) is 13.8 Å². The zero-order valence-corrected chi connectivity index (χ0v) is 6.82. The van der Waals surface area contributed by atoms with Crippen molar-refractivity contribution in [2.24, 2.45) is 5.73 Å². The number of nitrogens with two attached hydrogens (primary N) is 1. The van der Waals surface area contributed by atoms with E-state index >= 15 is 0 Å². The van der Waals surface area contributed by atoms with Crippen molar-refractivity contribution >= 4 is 6.29 Å². The Kier molecular flexibility index (Phi) is 3.65. The standard InChI is InChI=1S/C7H15NO3/c1-5(10)7(2,11)6(8)3-4-9/h4-6,10-11H,3,8H2,1-2H3/t5-,6-,7-/m1/s1. The van der Waals surface area contributed by atoms with Gasteiger partial charge in [0, 0.05) is 12.5 Å². The molecule has 0 heterocycles. The maximum Gasteiger partial charge on any atom is 0.121 e. The predicted molar refractivity (Wildman–Crippen MR) is 41.0 cm³/mol. The Morgan fingerprint density at radius 2 is 2.18 bits per heavy atom. The molecular formula is C7H15NO3. The van der Waals surface area contributed by atoms with E-state index in [0.29, 0.717) is 6.29 Å². The normalized spacial score (nSPS) is 21.9. The van der Waals surface area contributed by atoms with Crippen molar-refractivity contribution in [3.05, 3.63) is 0 Å². The highest BCUT2D eigenvalue weighted by molar-refractivity contribution is 5.50. The van der Waals surface area contributed by atoms with E-state index in [-0.39, 0.29) is 6.42 Å². The number of rotatable bonds is 4. The number of hydrogen-bond acceptors (Lipinski definition) is 4. The van der Waals surface area contributed by atoms with E-state index < -0.39 is 17.7 Å². The maximum absolute atomic E-state index is 10.0. The zero-order valence-electron chi connectivity index (χ0n) is 6.82. The highest BCUT2D eigenvalue weighted by Crippen LogP contribution is 2.14. The molecule has 0 unspecified atom stereocenters. The molecule has 4 N–H and O–H groups in total. The summed E-state index contributed by atoms with van der Waals surface area (Å²) >= 11 is 0. The van der Waals surface area contributed by atoms with Gasteiger partial charge < -0.3 is 20.7 Å². The Labute approximate surface area is 66.0 Å². The van der Waals surface area contributed by atoms with Gasteiger partial charge in [0.1, 0.15) is 11.9 Å². The van der Waals surface area contributed by atoms with Crippen LogP contribution in [0.15, 0.2) is 0 Å². The molecule has 0 radical (unpaired) electrons. The first-order valence-corrected chi connectivity index (χ1v) is 3.52. The van der Waals surface area contributed by atoms with Crippen LogP contribution in [-0.2, 0) is 4.79 Å². The fourth-order valence-corrected chi connectivity index (χ4v) is 0.652. The first-order valence-electron chi connectivity index (χ1n) is 3.52. The van der Waals surface area contributed by atoms with Crippen LogP contribution in [0.2, 0.25) is 0 Å². The molecule has 0 aromatic heterocycles. The molecule has 0 amide bonds. The Morgan fingerprint density at radius 1 is 1.73 bits per heavy atom. The van der Waals surface area contributed by atoms with Gasteiger partial charge in [-0.25, -0.2) is 0 Å². The lowest BCUT2D eigenvalue weighted by Crippen LogP contribution is -2.53. The first kappa shape index (κ1) is 10.6. The molecule has 4 heteroatoms. The predicted octanol–water partition coefficient (Wildman–Crippen LogP) is -0.966. The van der Waals surface area contributed by atoms with E-state index in [4.69, 9.17) is 10.8 Å². The third-order valence-corrected chi connectivity index (χ3v) is 1.95. The fourth-order valence-electron chi connectivity index (χ4n) is 0.652. The van der Waals surface area contributed by atoms with Gasteiger partial charge in [-0.2, -0.15) is 0 Å². The molecule has 11 heavy (non-hydrogen) atoms. The van der Waals surface area contributed by atoms with Gasteiger partial charge >= 0.3 is 0 Å². The monoisotopic (exact) mass is 161 g/mol. The van der Waals surface area contributed by atoms with Crippen LogP contribution in [0, 0.1) is 0 Å². The molecule has 0 saturated carbocycles. The van der Waals surface area contributed by atoms with Crippen molar-refractivity contribution in [3.8, 4) is 0 Å². The summed E-state index contributed by atoms with van der Waals surface area (Å²) in [6.45, 7) is 2.84. The molecule has 0 saturated heterocycles. The van der Waals surface area contributed by atoms with Crippen molar-refractivity contribution in [3.63, 3.8) is 0 Å². The third kappa shape index (κ3) is 2.57. The van der Waals surface area contributed by atoms with Crippen LogP contribution in [0.3, 0.4) is 0 Å². The summed E-state index contributed by atoms with van der Waals surface area (Å²) in [5.41, 5.74) is 4.03. The molecule has 66 valence electrons. The molecule has 0 aliphatic rings. The second kappa shape index (κ2) is 3.80. The highest BCUT2D eigenvalue weighted by Gasteiger charge is 2.33. The molecule has 4 nitrogen and oxygen atoms in total. The summed E-state index contributed by atoms with van der Waals surface area (Å²) in [6.07, 6.45) is -0.253. The van der Waals surface area contributed by atoms with Crippen LogP contribution >= 0.6 is 0 Å². The van der Waals surface area contributed by atoms with E-state index in [0.717, 1.165) is 0 Å². The average Bonchev–Trinajstić information content (AvgIpc) is 1.88. The van der Waals surface area contributed by atoms with Crippen LogP contribution in [-0.4, -0.2) is 34.2 Å². The Bertz CT molecular complexity index is 134. The summed E-state index contributed by atoms with van der Waals surface area (Å²) in [5, 5.41) is 18.5. The Hall–Kier alpha value is -0.450. The van der Waals surface area contributed by atoms with Crippen molar-refractivity contribution in [1.29, 1.82) is 0 Å². The molecule has 3 atom stereocenters. The average molecular weight is 161 g/mol. The van der Waals surface area contributed by atoms with E-state index in [1.807, 2.05) is 0 Å². The second-order valence-electron chi connectivity index (χ2n) is 2.91. The minimum Gasteiger partial charge on any atom is -0.390 e. The molecule has 0 aliphatic carbocycles. The molecule has 0 fully saturated rings. The lowest BCUT2D eigenvalue weighted by molar-refractivity contribution is -0.112. The summed E-state index contributed by atoms with van der Waals surface area (Å²) < 4.78 is 0. The largest absolute Gasteiger partial charge is 0.390 e. The van der Waals surface area contributed by atoms with Crippen molar-refractivity contribution in [1.82, 2.24) is 0 Å². The SMILES string of the molecule is C[C@@H](O)[C@@](C)(O)[C@H](N)CC=O. The van der Waals surface area contributed by atoms with Crippen LogP contribution in [0.5, 0.6) is 0 Å². The van der Waals surface area contributed by atoms with Crippen molar-refractivity contribution in [2.75, 3.05) is 0 Å². The van der Waals surface area contributed by atoms with Gasteiger partial charge in [0.05, 0.1) is 6.10 Å². The lowest BCUT2D eigenvalue weighted by atomic mass is 9.90. The number of aliphatic hydroxyl groups is 2. The smallest absolute Gasteiger partial charge is 0.121 e.